The fraction of sp³-hybridized carbons (Fsp3) is 0.929. The standard InChI is InChI=1S/C14H24N2O2/c17-13-8-11-6-7-12(9-13)16(11)14(18)15-10-4-2-1-3-5-10/h10-13,17H,1-9H2,(H,15,18). The van der Waals surface area contributed by atoms with Crippen LogP contribution in [0, 0.1) is 0 Å². The van der Waals surface area contributed by atoms with Gasteiger partial charge in [-0.25, -0.2) is 4.79 Å². The Labute approximate surface area is 109 Å². The van der Waals surface area contributed by atoms with Gasteiger partial charge in [0.1, 0.15) is 0 Å². The van der Waals surface area contributed by atoms with Gasteiger partial charge in [0.15, 0.2) is 0 Å². The molecule has 2 saturated heterocycles. The minimum absolute atomic E-state index is 0.126. The summed E-state index contributed by atoms with van der Waals surface area (Å²) in [6.45, 7) is 0. The molecule has 0 aromatic heterocycles. The summed E-state index contributed by atoms with van der Waals surface area (Å²) in [7, 11) is 0. The number of aliphatic hydroxyl groups excluding tert-OH is 1. The summed E-state index contributed by atoms with van der Waals surface area (Å²) in [6, 6.07) is 1.07. The first-order valence-corrected chi connectivity index (χ1v) is 7.51. The van der Waals surface area contributed by atoms with Crippen molar-refractivity contribution in [3.8, 4) is 0 Å². The molecule has 3 fully saturated rings. The zero-order chi connectivity index (χ0) is 12.5. The number of fused-ring (bicyclic) bond motifs is 2. The lowest BCUT2D eigenvalue weighted by atomic mass is 9.95. The van der Waals surface area contributed by atoms with Crippen molar-refractivity contribution in [2.75, 3.05) is 0 Å². The Morgan fingerprint density at radius 2 is 1.61 bits per heavy atom. The quantitative estimate of drug-likeness (QED) is 0.750. The third-order valence-corrected chi connectivity index (χ3v) is 4.88. The van der Waals surface area contributed by atoms with Gasteiger partial charge in [-0.15, -0.1) is 0 Å². The summed E-state index contributed by atoms with van der Waals surface area (Å²) in [4.78, 5) is 14.4. The number of nitrogens with one attached hydrogen (secondary N) is 1. The molecule has 0 radical (unpaired) electrons. The maximum Gasteiger partial charge on any atom is 0.318 e. The summed E-state index contributed by atoms with van der Waals surface area (Å²) in [6.07, 6.45) is 9.57. The van der Waals surface area contributed by atoms with Crippen LogP contribution >= 0.6 is 0 Å². The molecule has 2 unspecified atom stereocenters. The molecule has 1 saturated carbocycles. The van der Waals surface area contributed by atoms with Crippen molar-refractivity contribution in [2.24, 2.45) is 0 Å². The van der Waals surface area contributed by atoms with Gasteiger partial charge in [0.2, 0.25) is 0 Å². The van der Waals surface area contributed by atoms with Crippen LogP contribution in [0.15, 0.2) is 0 Å². The average molecular weight is 252 g/mol. The van der Waals surface area contributed by atoms with Crippen LogP contribution in [0.5, 0.6) is 0 Å². The first-order valence-electron chi connectivity index (χ1n) is 7.51. The van der Waals surface area contributed by atoms with Gasteiger partial charge in [-0.05, 0) is 38.5 Å². The summed E-state index contributed by atoms with van der Waals surface area (Å²) in [5.74, 6) is 0. The van der Waals surface area contributed by atoms with Crippen LogP contribution in [-0.4, -0.2) is 40.3 Å². The van der Waals surface area contributed by atoms with Crippen LogP contribution in [0.4, 0.5) is 4.79 Å². The number of carbonyl (C=O) groups is 1. The second kappa shape index (κ2) is 5.08. The SMILES string of the molecule is O=C(NC1CCCCC1)N1C2CCC1CC(O)C2. The second-order valence-corrected chi connectivity index (χ2v) is 6.20. The lowest BCUT2D eigenvalue weighted by Gasteiger charge is -2.38. The van der Waals surface area contributed by atoms with Crippen LogP contribution in [0.25, 0.3) is 0 Å². The third-order valence-electron chi connectivity index (χ3n) is 4.88. The Balaban J connectivity index is 1.59. The predicted molar refractivity (Wildman–Crippen MR) is 69.3 cm³/mol. The number of hydrogen-bond acceptors (Lipinski definition) is 2. The topological polar surface area (TPSA) is 52.6 Å². The molecule has 4 nitrogen and oxygen atoms in total. The van der Waals surface area contributed by atoms with Crippen LogP contribution in [0.2, 0.25) is 0 Å². The van der Waals surface area contributed by atoms with Gasteiger partial charge >= 0.3 is 6.03 Å². The van der Waals surface area contributed by atoms with Gasteiger partial charge in [-0.2, -0.15) is 0 Å². The molecule has 102 valence electrons. The van der Waals surface area contributed by atoms with Gasteiger partial charge in [-0.1, -0.05) is 19.3 Å². The van der Waals surface area contributed by atoms with E-state index in [4.69, 9.17) is 0 Å². The van der Waals surface area contributed by atoms with E-state index in [9.17, 15) is 9.90 Å². The van der Waals surface area contributed by atoms with Crippen molar-refractivity contribution in [3.63, 3.8) is 0 Å². The monoisotopic (exact) mass is 252 g/mol. The molecule has 2 bridgehead atoms. The van der Waals surface area contributed by atoms with Gasteiger partial charge in [0.25, 0.3) is 0 Å². The van der Waals surface area contributed by atoms with Crippen molar-refractivity contribution in [1.29, 1.82) is 0 Å². The van der Waals surface area contributed by atoms with Gasteiger partial charge < -0.3 is 15.3 Å². The average Bonchev–Trinajstić information content (AvgIpc) is 2.63. The molecular weight excluding hydrogens is 228 g/mol. The fourth-order valence-electron chi connectivity index (χ4n) is 3.98. The Bertz CT molecular complexity index is 301. The van der Waals surface area contributed by atoms with Gasteiger partial charge in [0, 0.05) is 18.1 Å². The molecule has 2 aliphatic heterocycles. The summed E-state index contributed by atoms with van der Waals surface area (Å²) in [5.41, 5.74) is 0. The normalized spacial score (nSPS) is 36.7. The highest BCUT2D eigenvalue weighted by atomic mass is 16.3. The molecule has 0 aromatic carbocycles. The maximum atomic E-state index is 12.4. The zero-order valence-corrected chi connectivity index (χ0v) is 11.0. The predicted octanol–water partition coefficient (Wildman–Crippen LogP) is 2.02. The highest BCUT2D eigenvalue weighted by molar-refractivity contribution is 5.75. The Kier molecular flexibility index (Phi) is 3.46. The molecule has 4 heteroatoms. The molecule has 0 spiro atoms. The number of rotatable bonds is 1. The molecule has 18 heavy (non-hydrogen) atoms. The van der Waals surface area contributed by atoms with Crippen LogP contribution in [0.1, 0.15) is 57.8 Å². The molecule has 2 N–H and O–H groups in total. The van der Waals surface area contributed by atoms with Crippen molar-refractivity contribution < 1.29 is 9.90 Å². The fourth-order valence-corrected chi connectivity index (χ4v) is 3.98. The number of piperidine rings is 1. The van der Waals surface area contributed by atoms with E-state index in [1.54, 1.807) is 0 Å². The number of amides is 2. The second-order valence-electron chi connectivity index (χ2n) is 6.20. The van der Waals surface area contributed by atoms with Crippen molar-refractivity contribution in [1.82, 2.24) is 10.2 Å². The van der Waals surface area contributed by atoms with E-state index in [1.807, 2.05) is 4.90 Å². The number of nitrogens with zero attached hydrogens (tertiary/aromatic N) is 1. The van der Waals surface area contributed by atoms with E-state index in [0.717, 1.165) is 38.5 Å². The van der Waals surface area contributed by atoms with E-state index in [2.05, 4.69) is 5.32 Å². The first kappa shape index (κ1) is 12.3. The van der Waals surface area contributed by atoms with E-state index in [-0.39, 0.29) is 24.2 Å². The molecule has 0 aromatic rings. The highest BCUT2D eigenvalue weighted by Crippen LogP contribution is 2.35. The maximum absolute atomic E-state index is 12.4. The van der Waals surface area contributed by atoms with Crippen LogP contribution < -0.4 is 5.32 Å². The number of urea groups is 1. The minimum atomic E-state index is -0.193. The van der Waals surface area contributed by atoms with E-state index < -0.39 is 0 Å². The molecule has 3 aliphatic rings. The number of carbonyl (C=O) groups excluding carboxylic acids is 1. The summed E-state index contributed by atoms with van der Waals surface area (Å²) >= 11 is 0. The van der Waals surface area contributed by atoms with Crippen LogP contribution in [0.3, 0.4) is 0 Å². The van der Waals surface area contributed by atoms with E-state index in [0.29, 0.717) is 6.04 Å². The van der Waals surface area contributed by atoms with E-state index >= 15 is 0 Å². The third kappa shape index (κ3) is 2.35. The molecule has 1 aliphatic carbocycles. The molecule has 3 rings (SSSR count). The van der Waals surface area contributed by atoms with Gasteiger partial charge in [-0.3, -0.25) is 0 Å². The summed E-state index contributed by atoms with van der Waals surface area (Å²) in [5, 5.41) is 13.0. The molecule has 2 amide bonds. The highest BCUT2D eigenvalue weighted by Gasteiger charge is 2.43. The zero-order valence-electron chi connectivity index (χ0n) is 11.0. The van der Waals surface area contributed by atoms with E-state index in [1.165, 1.54) is 19.3 Å². The van der Waals surface area contributed by atoms with Crippen molar-refractivity contribution in [2.45, 2.75) is 82.0 Å². The number of aliphatic hydroxyl groups is 1. The Morgan fingerprint density at radius 3 is 2.22 bits per heavy atom. The number of hydrogen-bond donors (Lipinski definition) is 2. The van der Waals surface area contributed by atoms with Crippen molar-refractivity contribution >= 4 is 6.03 Å². The molecule has 2 atom stereocenters. The largest absolute Gasteiger partial charge is 0.393 e. The molecule has 2 heterocycles. The van der Waals surface area contributed by atoms with Crippen LogP contribution in [-0.2, 0) is 0 Å². The lowest BCUT2D eigenvalue weighted by molar-refractivity contribution is 0.0530. The smallest absolute Gasteiger partial charge is 0.318 e. The minimum Gasteiger partial charge on any atom is -0.393 e. The summed E-state index contributed by atoms with van der Waals surface area (Å²) < 4.78 is 0. The van der Waals surface area contributed by atoms with Crippen molar-refractivity contribution in [3.05, 3.63) is 0 Å². The Hall–Kier alpha value is -0.770. The molecular formula is C14H24N2O2. The Morgan fingerprint density at radius 1 is 1.00 bits per heavy atom. The lowest BCUT2D eigenvalue weighted by Crippen LogP contribution is -2.54. The van der Waals surface area contributed by atoms with Gasteiger partial charge in [0.05, 0.1) is 6.10 Å². The first-order chi connectivity index (χ1) is 8.74.